The van der Waals surface area contributed by atoms with Crippen molar-refractivity contribution in [1.82, 2.24) is 29.4 Å². The highest BCUT2D eigenvalue weighted by molar-refractivity contribution is 5.94. The van der Waals surface area contributed by atoms with E-state index in [2.05, 4.69) is 16.1 Å². The van der Waals surface area contributed by atoms with E-state index in [9.17, 15) is 22.8 Å². The summed E-state index contributed by atoms with van der Waals surface area (Å²) in [7, 11) is 0. The third-order valence-electron chi connectivity index (χ3n) is 8.63. The molecule has 6 rings (SSSR count). The summed E-state index contributed by atoms with van der Waals surface area (Å²) in [4.78, 5) is 38.0. The standard InChI is InChI=1S/C34H35F3N6O2/c35-34(36,37)15-10-31(44)41-20-13-26(14-21-41)29-5-3-17-43-32(29)39-30(40-43)23-24-6-8-27(9-7-24)33(45)42-18-11-25(12-19-42)22-28-4-1-2-16-38-28/h1-9,13,16-17,25H,10-12,14-15,18-23H2. The van der Waals surface area contributed by atoms with Gasteiger partial charge in [-0.15, -0.1) is 0 Å². The summed E-state index contributed by atoms with van der Waals surface area (Å²) in [6.07, 6.45) is 3.47. The fraction of sp³-hybridized carbons (Fsp3) is 0.382. The second kappa shape index (κ2) is 13.2. The molecule has 234 valence electrons. The molecule has 1 fully saturated rings. The van der Waals surface area contributed by atoms with E-state index in [1.807, 2.05) is 71.9 Å². The molecule has 0 aliphatic carbocycles. The van der Waals surface area contributed by atoms with Gasteiger partial charge >= 0.3 is 6.18 Å². The Morgan fingerprint density at radius 1 is 0.933 bits per heavy atom. The maximum Gasteiger partial charge on any atom is 0.389 e. The van der Waals surface area contributed by atoms with Crippen LogP contribution in [0.4, 0.5) is 13.2 Å². The largest absolute Gasteiger partial charge is 0.389 e. The van der Waals surface area contributed by atoms with Gasteiger partial charge in [-0.3, -0.25) is 14.6 Å². The van der Waals surface area contributed by atoms with Crippen molar-refractivity contribution < 1.29 is 22.8 Å². The maximum absolute atomic E-state index is 13.2. The number of nitrogens with zero attached hydrogens (tertiary/aromatic N) is 6. The third-order valence-corrected chi connectivity index (χ3v) is 8.63. The number of piperidine rings is 1. The molecule has 0 radical (unpaired) electrons. The Morgan fingerprint density at radius 3 is 2.42 bits per heavy atom. The normalized spacial score (nSPS) is 16.2. The van der Waals surface area contributed by atoms with Gasteiger partial charge in [0.15, 0.2) is 11.5 Å². The Hall–Kier alpha value is -4.54. The monoisotopic (exact) mass is 616 g/mol. The van der Waals surface area contributed by atoms with Crippen molar-refractivity contribution in [3.63, 3.8) is 0 Å². The van der Waals surface area contributed by atoms with E-state index in [1.165, 1.54) is 4.90 Å². The average Bonchev–Trinajstić information content (AvgIpc) is 3.47. The van der Waals surface area contributed by atoms with Gasteiger partial charge in [0.25, 0.3) is 5.91 Å². The van der Waals surface area contributed by atoms with E-state index >= 15 is 0 Å². The zero-order valence-corrected chi connectivity index (χ0v) is 24.9. The van der Waals surface area contributed by atoms with Crippen molar-refractivity contribution in [1.29, 1.82) is 0 Å². The number of halogens is 3. The van der Waals surface area contributed by atoms with Crippen LogP contribution in [0.25, 0.3) is 11.2 Å². The first-order chi connectivity index (χ1) is 21.7. The fourth-order valence-electron chi connectivity index (χ4n) is 6.11. The predicted molar refractivity (Wildman–Crippen MR) is 163 cm³/mol. The number of hydrogen-bond donors (Lipinski definition) is 0. The van der Waals surface area contributed by atoms with Gasteiger partial charge in [0.1, 0.15) is 0 Å². The van der Waals surface area contributed by atoms with E-state index in [4.69, 9.17) is 4.98 Å². The molecule has 5 heterocycles. The number of hydrogen-bond acceptors (Lipinski definition) is 5. The molecule has 2 aliphatic heterocycles. The van der Waals surface area contributed by atoms with E-state index < -0.39 is 24.9 Å². The molecule has 11 heteroatoms. The number of carbonyl (C=O) groups excluding carboxylic acids is 2. The molecule has 8 nitrogen and oxygen atoms in total. The summed E-state index contributed by atoms with van der Waals surface area (Å²) in [6.45, 7) is 2.12. The van der Waals surface area contributed by atoms with E-state index in [-0.39, 0.29) is 12.5 Å². The van der Waals surface area contributed by atoms with Crippen molar-refractivity contribution in [2.75, 3.05) is 26.2 Å². The number of amides is 2. The van der Waals surface area contributed by atoms with Crippen LogP contribution >= 0.6 is 0 Å². The van der Waals surface area contributed by atoms with Crippen LogP contribution in [0.2, 0.25) is 0 Å². The Kier molecular flexibility index (Phi) is 8.95. The highest BCUT2D eigenvalue weighted by Gasteiger charge is 2.30. The first-order valence-corrected chi connectivity index (χ1v) is 15.4. The van der Waals surface area contributed by atoms with Crippen molar-refractivity contribution in [3.8, 4) is 0 Å². The van der Waals surface area contributed by atoms with Crippen LogP contribution in [-0.4, -0.2) is 73.6 Å². The molecular weight excluding hydrogens is 581 g/mol. The quantitative estimate of drug-likeness (QED) is 0.251. The molecule has 0 spiro atoms. The summed E-state index contributed by atoms with van der Waals surface area (Å²) in [5.41, 5.74) is 5.33. The summed E-state index contributed by atoms with van der Waals surface area (Å²) in [5.74, 6) is 0.737. The van der Waals surface area contributed by atoms with Gasteiger partial charge in [-0.25, -0.2) is 9.50 Å². The Labute approximate surface area is 259 Å². The number of benzene rings is 1. The zero-order chi connectivity index (χ0) is 31.4. The number of aromatic nitrogens is 4. The molecule has 0 atom stereocenters. The van der Waals surface area contributed by atoms with Crippen molar-refractivity contribution in [3.05, 3.63) is 101 Å². The van der Waals surface area contributed by atoms with Crippen LogP contribution in [0.5, 0.6) is 0 Å². The minimum absolute atomic E-state index is 0.0507. The highest BCUT2D eigenvalue weighted by Crippen LogP contribution is 2.28. The number of fused-ring (bicyclic) bond motifs is 1. The number of carbonyl (C=O) groups is 2. The number of alkyl halides is 3. The van der Waals surface area contributed by atoms with Crippen LogP contribution in [0.1, 0.15) is 65.1 Å². The number of likely N-dealkylation sites (tertiary alicyclic amines) is 1. The molecule has 4 aromatic rings. The lowest BCUT2D eigenvalue weighted by molar-refractivity contribution is -0.148. The molecule has 0 bridgehead atoms. The second-order valence-corrected chi connectivity index (χ2v) is 11.8. The topological polar surface area (TPSA) is 83.7 Å². The predicted octanol–water partition coefficient (Wildman–Crippen LogP) is 5.77. The van der Waals surface area contributed by atoms with Gasteiger partial charge in [0.05, 0.1) is 6.42 Å². The summed E-state index contributed by atoms with van der Waals surface area (Å²) < 4.78 is 39.3. The van der Waals surface area contributed by atoms with Crippen LogP contribution in [0.15, 0.2) is 73.1 Å². The summed E-state index contributed by atoms with van der Waals surface area (Å²) >= 11 is 0. The maximum atomic E-state index is 13.2. The van der Waals surface area contributed by atoms with Crippen LogP contribution < -0.4 is 0 Å². The molecule has 3 aromatic heterocycles. The molecule has 2 aliphatic rings. The van der Waals surface area contributed by atoms with Gasteiger partial charge in [-0.2, -0.15) is 18.3 Å². The minimum atomic E-state index is -4.34. The smallest absolute Gasteiger partial charge is 0.339 e. The summed E-state index contributed by atoms with van der Waals surface area (Å²) in [6, 6.07) is 17.5. The molecule has 45 heavy (non-hydrogen) atoms. The Bertz CT molecular complexity index is 1680. The van der Waals surface area contributed by atoms with E-state index in [0.29, 0.717) is 42.3 Å². The van der Waals surface area contributed by atoms with Crippen molar-refractivity contribution >= 4 is 23.0 Å². The third kappa shape index (κ3) is 7.58. The van der Waals surface area contributed by atoms with Crippen LogP contribution in [-0.2, 0) is 17.6 Å². The Morgan fingerprint density at radius 2 is 1.73 bits per heavy atom. The SMILES string of the molecule is O=C(CCC(F)(F)F)N1CC=C(c2cccn3nc(Cc4ccc(C(=O)N5CCC(Cc6ccccn6)CC5)cc4)nc23)CC1. The molecule has 0 saturated carbocycles. The lowest BCUT2D eigenvalue weighted by Gasteiger charge is -2.32. The van der Waals surface area contributed by atoms with Crippen molar-refractivity contribution in [2.45, 2.75) is 51.1 Å². The lowest BCUT2D eigenvalue weighted by Crippen LogP contribution is -2.38. The Balaban J connectivity index is 1.05. The van der Waals surface area contributed by atoms with Crippen LogP contribution in [0.3, 0.4) is 0 Å². The molecule has 0 unspecified atom stereocenters. The lowest BCUT2D eigenvalue weighted by atomic mass is 9.91. The van der Waals surface area contributed by atoms with E-state index in [0.717, 1.165) is 54.7 Å². The second-order valence-electron chi connectivity index (χ2n) is 11.8. The van der Waals surface area contributed by atoms with Gasteiger partial charge in [-0.05, 0) is 79.1 Å². The summed E-state index contributed by atoms with van der Waals surface area (Å²) in [5, 5.41) is 4.65. The number of rotatable bonds is 8. The number of pyridine rings is 2. The molecule has 2 amide bonds. The van der Waals surface area contributed by atoms with Crippen LogP contribution in [0, 0.1) is 5.92 Å². The molecule has 1 aromatic carbocycles. The van der Waals surface area contributed by atoms with Gasteiger partial charge in [-0.1, -0.05) is 24.3 Å². The highest BCUT2D eigenvalue weighted by atomic mass is 19.4. The van der Waals surface area contributed by atoms with Gasteiger partial charge < -0.3 is 9.80 Å². The fourth-order valence-corrected chi connectivity index (χ4v) is 6.11. The first-order valence-electron chi connectivity index (χ1n) is 15.4. The first kappa shape index (κ1) is 30.5. The van der Waals surface area contributed by atoms with Gasteiger partial charge in [0, 0.05) is 68.2 Å². The van der Waals surface area contributed by atoms with Crippen molar-refractivity contribution in [2.24, 2.45) is 5.92 Å². The zero-order valence-electron chi connectivity index (χ0n) is 24.9. The van der Waals surface area contributed by atoms with E-state index in [1.54, 1.807) is 4.52 Å². The minimum Gasteiger partial charge on any atom is -0.339 e. The molecule has 0 N–H and O–H groups in total. The van der Waals surface area contributed by atoms with Gasteiger partial charge in [0.2, 0.25) is 5.91 Å². The molecule has 1 saturated heterocycles. The molecular formula is C34H35F3N6O2. The average molecular weight is 617 g/mol.